The highest BCUT2D eigenvalue weighted by molar-refractivity contribution is 4.88. The maximum absolute atomic E-state index is 9.86. The monoisotopic (exact) mass is 344 g/mol. The molecule has 0 saturated carbocycles. The summed E-state index contributed by atoms with van der Waals surface area (Å²) in [6.45, 7) is 2.36. The van der Waals surface area contributed by atoms with E-state index in [0.717, 1.165) is 12.8 Å². The first-order chi connectivity index (χ1) is 11.7. The van der Waals surface area contributed by atoms with Crippen LogP contribution in [0.3, 0.4) is 0 Å². The Balaban J connectivity index is 1.89. The third-order valence-corrected chi connectivity index (χ3v) is 4.50. The topological polar surface area (TPSA) is 79.2 Å². The Morgan fingerprint density at radius 2 is 1.67 bits per heavy atom. The van der Waals surface area contributed by atoms with Crippen molar-refractivity contribution < 1.29 is 24.8 Å². The third-order valence-electron chi connectivity index (χ3n) is 4.50. The van der Waals surface area contributed by atoms with E-state index in [1.54, 1.807) is 6.26 Å². The van der Waals surface area contributed by atoms with Crippen LogP contribution < -0.4 is 0 Å². The van der Waals surface area contributed by atoms with Gasteiger partial charge in [-0.25, -0.2) is 0 Å². The van der Waals surface area contributed by atoms with E-state index in [9.17, 15) is 15.3 Å². The number of ether oxygens (including phenoxy) is 2. The van der Waals surface area contributed by atoms with Gasteiger partial charge in [0.15, 0.2) is 0 Å². The number of unbranched alkanes of at least 4 members (excludes halogenated alkanes) is 9. The van der Waals surface area contributed by atoms with Crippen LogP contribution in [0.1, 0.15) is 71.1 Å². The fraction of sp³-hybridized carbons (Fsp3) is 0.895. The minimum Gasteiger partial charge on any atom is -0.499 e. The lowest BCUT2D eigenvalue weighted by Gasteiger charge is -2.20. The van der Waals surface area contributed by atoms with E-state index in [2.05, 4.69) is 6.92 Å². The molecule has 1 aliphatic heterocycles. The Morgan fingerprint density at radius 3 is 2.25 bits per heavy atom. The van der Waals surface area contributed by atoms with Crippen LogP contribution in [0, 0.1) is 0 Å². The highest BCUT2D eigenvalue weighted by Crippen LogP contribution is 2.17. The van der Waals surface area contributed by atoms with Gasteiger partial charge in [-0.3, -0.25) is 0 Å². The lowest BCUT2D eigenvalue weighted by molar-refractivity contribution is -0.0703. The molecular weight excluding hydrogens is 308 g/mol. The number of aliphatic hydroxyl groups is 3. The average Bonchev–Trinajstić information content (AvgIpc) is 2.91. The van der Waals surface area contributed by atoms with Crippen molar-refractivity contribution in [2.24, 2.45) is 0 Å². The first-order valence-electron chi connectivity index (χ1n) is 9.59. The van der Waals surface area contributed by atoms with Crippen molar-refractivity contribution in [1.82, 2.24) is 0 Å². The minimum absolute atomic E-state index is 0.0529. The van der Waals surface area contributed by atoms with Crippen LogP contribution in [0.4, 0.5) is 0 Å². The molecule has 1 aliphatic rings. The number of allylic oxidation sites excluding steroid dienone is 1. The van der Waals surface area contributed by atoms with Gasteiger partial charge >= 0.3 is 0 Å². The zero-order chi connectivity index (χ0) is 17.6. The minimum atomic E-state index is -1.05. The van der Waals surface area contributed by atoms with Crippen LogP contribution in [0.25, 0.3) is 0 Å². The lowest BCUT2D eigenvalue weighted by atomic mass is 10.1. The standard InChI is InChI=1S/C19H36O5/c1-2-3-4-5-6-7-8-9-10-11-12-13-23-14-17(21)19-18(22)16(20)15-24-19/h12-13,16-22H,2-11,14-15H2,1H3/b13-12+/t16-,17+,18-,19-/m1/s1. The van der Waals surface area contributed by atoms with Gasteiger partial charge in [0.2, 0.25) is 0 Å². The zero-order valence-corrected chi connectivity index (χ0v) is 15.1. The summed E-state index contributed by atoms with van der Waals surface area (Å²) in [6, 6.07) is 0. The SMILES string of the molecule is CCCCCCCCCCC/C=C/OC[C@H](O)[C@H]1OC[C@@H](O)[C@H]1O. The van der Waals surface area contributed by atoms with E-state index in [4.69, 9.17) is 9.47 Å². The van der Waals surface area contributed by atoms with Crippen molar-refractivity contribution in [2.45, 2.75) is 95.5 Å². The van der Waals surface area contributed by atoms with Gasteiger partial charge in [-0.05, 0) is 18.9 Å². The highest BCUT2D eigenvalue weighted by atomic mass is 16.5. The quantitative estimate of drug-likeness (QED) is 0.333. The molecule has 5 heteroatoms. The largest absolute Gasteiger partial charge is 0.499 e. The van der Waals surface area contributed by atoms with Crippen molar-refractivity contribution in [3.05, 3.63) is 12.3 Å². The predicted molar refractivity (Wildman–Crippen MR) is 94.7 cm³/mol. The summed E-state index contributed by atoms with van der Waals surface area (Å²) in [5, 5.41) is 28.8. The number of hydrogen-bond donors (Lipinski definition) is 3. The van der Waals surface area contributed by atoms with Crippen LogP contribution in [0.2, 0.25) is 0 Å². The molecule has 3 N–H and O–H groups in total. The molecule has 1 heterocycles. The Morgan fingerprint density at radius 1 is 1.04 bits per heavy atom. The third kappa shape index (κ3) is 9.02. The van der Waals surface area contributed by atoms with Crippen molar-refractivity contribution >= 4 is 0 Å². The molecule has 0 aliphatic carbocycles. The molecule has 24 heavy (non-hydrogen) atoms. The van der Waals surface area contributed by atoms with Crippen LogP contribution in [0.15, 0.2) is 12.3 Å². The number of hydrogen-bond acceptors (Lipinski definition) is 5. The lowest BCUT2D eigenvalue weighted by Crippen LogP contribution is -2.40. The highest BCUT2D eigenvalue weighted by Gasteiger charge is 2.39. The summed E-state index contributed by atoms with van der Waals surface area (Å²) in [5.41, 5.74) is 0. The second-order valence-corrected chi connectivity index (χ2v) is 6.75. The van der Waals surface area contributed by atoms with Crippen LogP contribution >= 0.6 is 0 Å². The zero-order valence-electron chi connectivity index (χ0n) is 15.1. The average molecular weight is 344 g/mol. The Bertz CT molecular complexity index is 321. The number of aliphatic hydroxyl groups excluding tert-OH is 3. The summed E-state index contributed by atoms with van der Waals surface area (Å²) in [4.78, 5) is 0. The fourth-order valence-corrected chi connectivity index (χ4v) is 2.92. The summed E-state index contributed by atoms with van der Waals surface area (Å²) in [5.74, 6) is 0. The molecule has 0 radical (unpaired) electrons. The van der Waals surface area contributed by atoms with Crippen LogP contribution in [-0.4, -0.2) is 52.9 Å². The van der Waals surface area contributed by atoms with E-state index >= 15 is 0 Å². The summed E-state index contributed by atoms with van der Waals surface area (Å²) >= 11 is 0. The molecule has 0 spiro atoms. The maximum atomic E-state index is 9.86. The molecule has 0 aromatic carbocycles. The summed E-state index contributed by atoms with van der Waals surface area (Å²) in [7, 11) is 0. The van der Waals surface area contributed by atoms with Crippen molar-refractivity contribution in [1.29, 1.82) is 0 Å². The normalized spacial score (nSPS) is 25.4. The van der Waals surface area contributed by atoms with Gasteiger partial charge in [-0.2, -0.15) is 0 Å². The van der Waals surface area contributed by atoms with Gasteiger partial charge in [-0.15, -0.1) is 0 Å². The Kier molecular flexibility index (Phi) is 12.2. The second kappa shape index (κ2) is 13.6. The predicted octanol–water partition coefficient (Wildman–Crippen LogP) is 2.92. The van der Waals surface area contributed by atoms with Gasteiger partial charge in [0.1, 0.15) is 31.0 Å². The Labute approximate surface area is 146 Å². The van der Waals surface area contributed by atoms with Gasteiger partial charge in [0, 0.05) is 0 Å². The van der Waals surface area contributed by atoms with E-state index in [-0.39, 0.29) is 13.2 Å². The maximum Gasteiger partial charge on any atom is 0.117 e. The molecule has 0 aromatic heterocycles. The second-order valence-electron chi connectivity index (χ2n) is 6.75. The molecular formula is C19H36O5. The van der Waals surface area contributed by atoms with Gasteiger partial charge in [-0.1, -0.05) is 58.3 Å². The molecule has 5 nitrogen and oxygen atoms in total. The molecule has 1 saturated heterocycles. The molecule has 0 bridgehead atoms. The van der Waals surface area contributed by atoms with Gasteiger partial charge in [0.05, 0.1) is 12.9 Å². The van der Waals surface area contributed by atoms with Crippen molar-refractivity contribution in [3.8, 4) is 0 Å². The Hall–Kier alpha value is -0.620. The molecule has 4 atom stereocenters. The van der Waals surface area contributed by atoms with Crippen molar-refractivity contribution in [2.75, 3.05) is 13.2 Å². The van der Waals surface area contributed by atoms with Gasteiger partial charge in [0.25, 0.3) is 0 Å². The fourth-order valence-electron chi connectivity index (χ4n) is 2.92. The summed E-state index contributed by atoms with van der Waals surface area (Å²) < 4.78 is 10.4. The van der Waals surface area contributed by atoms with E-state index in [1.165, 1.54) is 51.4 Å². The molecule has 1 rings (SSSR count). The van der Waals surface area contributed by atoms with Gasteiger partial charge < -0.3 is 24.8 Å². The molecule has 1 fully saturated rings. The number of rotatable bonds is 14. The van der Waals surface area contributed by atoms with E-state index in [0.29, 0.717) is 0 Å². The van der Waals surface area contributed by atoms with Crippen LogP contribution in [-0.2, 0) is 9.47 Å². The molecule has 142 valence electrons. The van der Waals surface area contributed by atoms with E-state index in [1.807, 2.05) is 6.08 Å². The van der Waals surface area contributed by atoms with Crippen LogP contribution in [0.5, 0.6) is 0 Å². The summed E-state index contributed by atoms with van der Waals surface area (Å²) in [6.07, 6.45) is 12.7. The first-order valence-corrected chi connectivity index (χ1v) is 9.59. The molecule has 0 amide bonds. The smallest absolute Gasteiger partial charge is 0.117 e. The first kappa shape index (κ1) is 21.4. The van der Waals surface area contributed by atoms with Crippen molar-refractivity contribution in [3.63, 3.8) is 0 Å². The molecule has 0 unspecified atom stereocenters. The van der Waals surface area contributed by atoms with E-state index < -0.39 is 24.4 Å². The molecule has 0 aromatic rings.